The second kappa shape index (κ2) is 9.68. The Kier molecular flexibility index (Phi) is 6.91. The Balaban J connectivity index is 2.08. The topological polar surface area (TPSA) is 124 Å². The van der Waals surface area contributed by atoms with E-state index in [1.807, 2.05) is 0 Å². The van der Waals surface area contributed by atoms with Gasteiger partial charge in [0.05, 0.1) is 28.4 Å². The molecule has 0 fully saturated rings. The van der Waals surface area contributed by atoms with E-state index in [2.05, 4.69) is 10.6 Å². The molecule has 0 aliphatic heterocycles. The number of hydrogen-bond donors (Lipinski definition) is 4. The number of guanidine groups is 1. The van der Waals surface area contributed by atoms with Crippen LogP contribution in [0.3, 0.4) is 0 Å². The molecule has 12 heteroatoms. The number of rotatable bonds is 5. The summed E-state index contributed by atoms with van der Waals surface area (Å²) in [6.45, 7) is 1.45. The molecule has 1 amide bonds. The fraction of sp³-hybridized carbons (Fsp3) is 0.0870. The van der Waals surface area contributed by atoms with Crippen molar-refractivity contribution in [3.8, 4) is 17.6 Å². The highest BCUT2D eigenvalue weighted by Gasteiger charge is 2.36. The number of aryl methyl sites for hydroxylation is 1. The predicted molar refractivity (Wildman–Crippen MR) is 117 cm³/mol. The third kappa shape index (κ3) is 5.83. The Morgan fingerprint density at radius 1 is 1.06 bits per heavy atom. The third-order valence-corrected chi connectivity index (χ3v) is 4.64. The van der Waals surface area contributed by atoms with Crippen molar-refractivity contribution in [1.82, 2.24) is 0 Å². The van der Waals surface area contributed by atoms with Gasteiger partial charge in [0, 0.05) is 5.69 Å². The maximum Gasteiger partial charge on any atom is 0.417 e. The van der Waals surface area contributed by atoms with Crippen LogP contribution in [0, 0.1) is 35.3 Å². The smallest absolute Gasteiger partial charge is 0.417 e. The minimum Gasteiger partial charge on any atom is -0.456 e. The zero-order chi connectivity index (χ0) is 25.9. The standard InChI is InChI=1S/C23H16F5N5O2/c1-11-6-13(24)2-5-19(11)35-20-9-16(23(26,27)28)12(10-29)7-15(20)21(34)32-14-3-4-17(25)18(8-14)33-22(30)31/h2-9H,1H3,(H,32,34)(H4,30,31,33). The Labute approximate surface area is 195 Å². The number of ether oxygens (including phenoxy) is 1. The van der Waals surface area contributed by atoms with E-state index < -0.39 is 52.1 Å². The number of carbonyl (C=O) groups excluding carboxylic acids is 1. The number of carbonyl (C=O) groups is 1. The first-order valence-corrected chi connectivity index (χ1v) is 9.70. The van der Waals surface area contributed by atoms with Crippen LogP contribution in [0.1, 0.15) is 27.0 Å². The third-order valence-electron chi connectivity index (χ3n) is 4.64. The summed E-state index contributed by atoms with van der Waals surface area (Å²) in [6.07, 6.45) is -4.93. The molecule has 0 saturated carbocycles. The zero-order valence-electron chi connectivity index (χ0n) is 17.8. The number of alkyl halides is 3. The molecule has 0 atom stereocenters. The molecule has 7 nitrogen and oxygen atoms in total. The van der Waals surface area contributed by atoms with Gasteiger partial charge in [-0.3, -0.25) is 10.2 Å². The minimum absolute atomic E-state index is 0.00229. The van der Waals surface area contributed by atoms with Gasteiger partial charge in [0.15, 0.2) is 5.96 Å². The van der Waals surface area contributed by atoms with Crippen molar-refractivity contribution in [3.63, 3.8) is 0 Å². The fourth-order valence-electron chi connectivity index (χ4n) is 3.06. The fourth-order valence-corrected chi connectivity index (χ4v) is 3.06. The van der Waals surface area contributed by atoms with Crippen LogP contribution in [-0.4, -0.2) is 11.9 Å². The highest BCUT2D eigenvalue weighted by molar-refractivity contribution is 6.07. The summed E-state index contributed by atoms with van der Waals surface area (Å²) in [5.74, 6) is -3.50. The molecule has 5 N–H and O–H groups in total. The van der Waals surface area contributed by atoms with E-state index >= 15 is 0 Å². The average molecular weight is 489 g/mol. The van der Waals surface area contributed by atoms with Crippen LogP contribution in [0.4, 0.5) is 33.3 Å². The van der Waals surface area contributed by atoms with E-state index in [1.165, 1.54) is 25.1 Å². The van der Waals surface area contributed by atoms with Gasteiger partial charge < -0.3 is 21.1 Å². The summed E-state index contributed by atoms with van der Waals surface area (Å²) in [6, 6.07) is 9.15. The molecule has 0 unspecified atom stereocenters. The molecule has 0 spiro atoms. The highest BCUT2D eigenvalue weighted by atomic mass is 19.4. The summed E-state index contributed by atoms with van der Waals surface area (Å²) >= 11 is 0. The second-order valence-corrected chi connectivity index (χ2v) is 7.20. The van der Waals surface area contributed by atoms with E-state index in [-0.39, 0.29) is 22.7 Å². The average Bonchev–Trinajstić information content (AvgIpc) is 2.76. The monoisotopic (exact) mass is 489 g/mol. The Morgan fingerprint density at radius 2 is 1.77 bits per heavy atom. The lowest BCUT2D eigenvalue weighted by Gasteiger charge is -2.17. The highest BCUT2D eigenvalue weighted by Crippen LogP contribution is 2.38. The summed E-state index contributed by atoms with van der Waals surface area (Å²) in [4.78, 5) is 13.0. The molecule has 3 aromatic carbocycles. The van der Waals surface area contributed by atoms with Crippen LogP contribution in [0.5, 0.6) is 11.5 Å². The number of nitrogens with zero attached hydrogens (tertiary/aromatic N) is 1. The second-order valence-electron chi connectivity index (χ2n) is 7.20. The molecule has 3 rings (SSSR count). The van der Waals surface area contributed by atoms with Gasteiger partial charge in [-0.2, -0.15) is 18.4 Å². The molecular formula is C23H16F5N5O2. The molecule has 0 saturated heterocycles. The molecular weight excluding hydrogens is 473 g/mol. The van der Waals surface area contributed by atoms with E-state index in [4.69, 9.17) is 15.9 Å². The van der Waals surface area contributed by atoms with Crippen molar-refractivity contribution in [1.29, 1.82) is 10.7 Å². The lowest BCUT2D eigenvalue weighted by Crippen LogP contribution is -2.21. The van der Waals surface area contributed by atoms with Crippen molar-refractivity contribution in [2.24, 2.45) is 5.73 Å². The number of amides is 1. The lowest BCUT2D eigenvalue weighted by molar-refractivity contribution is -0.137. The van der Waals surface area contributed by atoms with Crippen molar-refractivity contribution in [2.45, 2.75) is 13.1 Å². The predicted octanol–water partition coefficient (Wildman–Crippen LogP) is 5.51. The number of hydrogen-bond acceptors (Lipinski definition) is 4. The Hall–Kier alpha value is -4.66. The first-order chi connectivity index (χ1) is 16.4. The minimum atomic E-state index is -4.93. The van der Waals surface area contributed by atoms with Crippen molar-refractivity contribution >= 4 is 23.2 Å². The first-order valence-electron chi connectivity index (χ1n) is 9.70. The molecule has 0 aliphatic rings. The maximum atomic E-state index is 13.9. The van der Waals surface area contributed by atoms with Gasteiger partial charge in [-0.05, 0) is 61.0 Å². The van der Waals surface area contributed by atoms with Gasteiger partial charge >= 0.3 is 6.18 Å². The van der Waals surface area contributed by atoms with E-state index in [0.29, 0.717) is 12.1 Å². The summed E-state index contributed by atoms with van der Waals surface area (Å²) in [5, 5.41) is 21.0. The number of halogens is 5. The quantitative estimate of drug-likeness (QED) is 0.214. The summed E-state index contributed by atoms with van der Waals surface area (Å²) < 4.78 is 73.4. The van der Waals surface area contributed by atoms with Gasteiger partial charge in [0.25, 0.3) is 5.91 Å². The maximum absolute atomic E-state index is 13.9. The molecule has 35 heavy (non-hydrogen) atoms. The summed E-state index contributed by atoms with van der Waals surface area (Å²) in [5.41, 5.74) is 2.59. The molecule has 180 valence electrons. The van der Waals surface area contributed by atoms with Crippen molar-refractivity contribution in [3.05, 3.63) is 82.4 Å². The summed E-state index contributed by atoms with van der Waals surface area (Å²) in [7, 11) is 0. The number of nitriles is 1. The van der Waals surface area contributed by atoms with Gasteiger partial charge in [-0.15, -0.1) is 0 Å². The van der Waals surface area contributed by atoms with Gasteiger partial charge in [0.1, 0.15) is 23.1 Å². The van der Waals surface area contributed by atoms with E-state index in [0.717, 1.165) is 24.3 Å². The zero-order valence-corrected chi connectivity index (χ0v) is 17.8. The largest absolute Gasteiger partial charge is 0.456 e. The van der Waals surface area contributed by atoms with Crippen LogP contribution in [-0.2, 0) is 6.18 Å². The van der Waals surface area contributed by atoms with Crippen molar-refractivity contribution in [2.75, 3.05) is 10.6 Å². The normalized spacial score (nSPS) is 10.9. The van der Waals surface area contributed by atoms with Gasteiger partial charge in [-0.1, -0.05) is 0 Å². The van der Waals surface area contributed by atoms with Crippen LogP contribution in [0.25, 0.3) is 0 Å². The molecule has 3 aromatic rings. The SMILES string of the molecule is Cc1cc(F)ccc1Oc1cc(C(F)(F)F)c(C#N)cc1C(=O)Nc1ccc(F)c(NC(=N)N)c1. The van der Waals surface area contributed by atoms with Gasteiger partial charge in [0.2, 0.25) is 0 Å². The Bertz CT molecular complexity index is 1370. The first kappa shape index (κ1) is 25.0. The molecule has 0 aromatic heterocycles. The lowest BCUT2D eigenvalue weighted by atomic mass is 10.0. The van der Waals surface area contributed by atoms with E-state index in [1.54, 1.807) is 0 Å². The van der Waals surface area contributed by atoms with Gasteiger partial charge in [-0.25, -0.2) is 8.78 Å². The van der Waals surface area contributed by atoms with Crippen LogP contribution >= 0.6 is 0 Å². The van der Waals surface area contributed by atoms with Crippen LogP contribution < -0.4 is 21.1 Å². The molecule has 0 radical (unpaired) electrons. The number of anilines is 2. The number of benzene rings is 3. The number of nitrogens with one attached hydrogen (secondary N) is 3. The molecule has 0 heterocycles. The van der Waals surface area contributed by atoms with Crippen LogP contribution in [0.2, 0.25) is 0 Å². The molecule has 0 aliphatic carbocycles. The number of nitrogens with two attached hydrogens (primary N) is 1. The van der Waals surface area contributed by atoms with E-state index in [9.17, 15) is 32.0 Å². The van der Waals surface area contributed by atoms with Crippen molar-refractivity contribution < 1.29 is 31.5 Å². The Morgan fingerprint density at radius 3 is 2.37 bits per heavy atom. The molecule has 0 bridgehead atoms. The van der Waals surface area contributed by atoms with Crippen LogP contribution in [0.15, 0.2) is 48.5 Å².